The predicted molar refractivity (Wildman–Crippen MR) is 70.4 cm³/mol. The second-order valence-corrected chi connectivity index (χ2v) is 4.09. The number of H-pyrrole nitrogens is 1. The maximum Gasteiger partial charge on any atom is 0.354 e. The zero-order valence-electron chi connectivity index (χ0n) is 10.6. The van der Waals surface area contributed by atoms with Gasteiger partial charge in [0.1, 0.15) is 5.69 Å². The molecule has 8 nitrogen and oxygen atoms in total. The number of aromatic nitrogens is 3. The van der Waals surface area contributed by atoms with Crippen molar-refractivity contribution in [1.29, 1.82) is 0 Å². The van der Waals surface area contributed by atoms with Crippen molar-refractivity contribution in [2.45, 2.75) is 13.0 Å². The molecule has 0 aliphatic rings. The summed E-state index contributed by atoms with van der Waals surface area (Å²) in [6.45, 7) is 1.82. The lowest BCUT2D eigenvalue weighted by Crippen LogP contribution is -2.31. The standard InChI is InChI=1S/C12H13N5O3/c1-7(8-4-14-15-5-8)16-12(20)17-9-2-3-10(11(18)19)13-6-9/h2-7H,1H3,(H,14,15)(H,18,19)(H2,16,17,20). The van der Waals surface area contributed by atoms with Crippen LogP contribution in [0, 0.1) is 0 Å². The van der Waals surface area contributed by atoms with Gasteiger partial charge >= 0.3 is 12.0 Å². The minimum absolute atomic E-state index is 0.0808. The van der Waals surface area contributed by atoms with E-state index < -0.39 is 12.0 Å². The van der Waals surface area contributed by atoms with Gasteiger partial charge in [-0.05, 0) is 19.1 Å². The smallest absolute Gasteiger partial charge is 0.354 e. The molecule has 104 valence electrons. The summed E-state index contributed by atoms with van der Waals surface area (Å²) in [7, 11) is 0. The third kappa shape index (κ3) is 3.31. The first kappa shape index (κ1) is 13.5. The number of rotatable bonds is 4. The fraction of sp³-hybridized carbons (Fsp3) is 0.167. The van der Waals surface area contributed by atoms with E-state index >= 15 is 0 Å². The second-order valence-electron chi connectivity index (χ2n) is 4.09. The topological polar surface area (TPSA) is 120 Å². The number of anilines is 1. The van der Waals surface area contributed by atoms with Crippen molar-refractivity contribution in [3.63, 3.8) is 0 Å². The van der Waals surface area contributed by atoms with Gasteiger partial charge in [0, 0.05) is 11.8 Å². The number of carboxylic acid groups (broad SMARTS) is 1. The molecule has 0 aliphatic heterocycles. The van der Waals surface area contributed by atoms with Crippen molar-refractivity contribution in [2.24, 2.45) is 0 Å². The van der Waals surface area contributed by atoms with Gasteiger partial charge < -0.3 is 15.7 Å². The molecule has 2 aromatic rings. The summed E-state index contributed by atoms with van der Waals surface area (Å²) in [4.78, 5) is 26.1. The monoisotopic (exact) mass is 275 g/mol. The maximum atomic E-state index is 11.7. The van der Waals surface area contributed by atoms with E-state index in [1.807, 2.05) is 6.92 Å². The van der Waals surface area contributed by atoms with E-state index in [-0.39, 0.29) is 11.7 Å². The molecule has 0 bridgehead atoms. The van der Waals surface area contributed by atoms with E-state index in [2.05, 4.69) is 25.8 Å². The first-order valence-corrected chi connectivity index (χ1v) is 5.82. The maximum absolute atomic E-state index is 11.7. The van der Waals surface area contributed by atoms with Gasteiger partial charge in [0.25, 0.3) is 0 Å². The number of carbonyl (C=O) groups is 2. The number of amides is 2. The first-order chi connectivity index (χ1) is 9.56. The number of aromatic amines is 1. The zero-order valence-corrected chi connectivity index (χ0v) is 10.6. The lowest BCUT2D eigenvalue weighted by Gasteiger charge is -2.12. The van der Waals surface area contributed by atoms with Crippen LogP contribution in [0.15, 0.2) is 30.7 Å². The number of aromatic carboxylic acids is 1. The molecule has 0 aliphatic carbocycles. The normalized spacial score (nSPS) is 11.7. The summed E-state index contributed by atoms with van der Waals surface area (Å²) in [5, 5.41) is 20.5. The summed E-state index contributed by atoms with van der Waals surface area (Å²) < 4.78 is 0. The average Bonchev–Trinajstić information content (AvgIpc) is 2.93. The Balaban J connectivity index is 1.92. The molecule has 1 unspecified atom stereocenters. The van der Waals surface area contributed by atoms with Crippen molar-refractivity contribution < 1.29 is 14.7 Å². The Morgan fingerprint density at radius 2 is 2.15 bits per heavy atom. The number of carboxylic acids is 1. The van der Waals surface area contributed by atoms with Crippen LogP contribution in [0.2, 0.25) is 0 Å². The van der Waals surface area contributed by atoms with Crippen LogP contribution in [0.4, 0.5) is 10.5 Å². The molecule has 2 amide bonds. The summed E-state index contributed by atoms with van der Waals surface area (Å²) in [6, 6.07) is 2.17. The third-order valence-electron chi connectivity index (χ3n) is 2.61. The molecule has 20 heavy (non-hydrogen) atoms. The van der Waals surface area contributed by atoms with E-state index in [4.69, 9.17) is 5.11 Å². The minimum atomic E-state index is -1.12. The van der Waals surface area contributed by atoms with Gasteiger partial charge in [0.05, 0.1) is 24.1 Å². The molecule has 0 spiro atoms. The highest BCUT2D eigenvalue weighted by Crippen LogP contribution is 2.10. The van der Waals surface area contributed by atoms with Crippen molar-refractivity contribution in [2.75, 3.05) is 5.32 Å². The number of nitrogens with zero attached hydrogens (tertiary/aromatic N) is 2. The van der Waals surface area contributed by atoms with Crippen LogP contribution < -0.4 is 10.6 Å². The fourth-order valence-corrected chi connectivity index (χ4v) is 1.54. The Morgan fingerprint density at radius 3 is 2.70 bits per heavy atom. The van der Waals surface area contributed by atoms with Gasteiger partial charge in [-0.1, -0.05) is 0 Å². The summed E-state index contributed by atoms with van der Waals surface area (Å²) >= 11 is 0. The highest BCUT2D eigenvalue weighted by molar-refractivity contribution is 5.90. The Kier molecular flexibility index (Phi) is 3.94. The number of pyridine rings is 1. The Bertz CT molecular complexity index is 594. The molecule has 1 atom stereocenters. The molecular formula is C12H13N5O3. The summed E-state index contributed by atoms with van der Waals surface area (Å²) in [5.41, 5.74) is 1.18. The highest BCUT2D eigenvalue weighted by Gasteiger charge is 2.11. The lowest BCUT2D eigenvalue weighted by molar-refractivity contribution is 0.0690. The Hall–Kier alpha value is -2.90. The molecule has 0 saturated heterocycles. The first-order valence-electron chi connectivity index (χ1n) is 5.82. The quantitative estimate of drug-likeness (QED) is 0.672. The molecule has 0 radical (unpaired) electrons. The van der Waals surface area contributed by atoms with Gasteiger partial charge in [-0.15, -0.1) is 0 Å². The van der Waals surface area contributed by atoms with Gasteiger partial charge in [-0.3, -0.25) is 5.10 Å². The molecule has 2 heterocycles. The number of urea groups is 1. The largest absolute Gasteiger partial charge is 0.477 e. The van der Waals surface area contributed by atoms with Crippen LogP contribution in [0.5, 0.6) is 0 Å². The van der Waals surface area contributed by atoms with Crippen LogP contribution in [0.1, 0.15) is 29.0 Å². The van der Waals surface area contributed by atoms with Crippen LogP contribution >= 0.6 is 0 Å². The summed E-state index contributed by atoms with van der Waals surface area (Å²) in [5.74, 6) is -1.12. The van der Waals surface area contributed by atoms with Crippen molar-refractivity contribution in [3.05, 3.63) is 42.0 Å². The van der Waals surface area contributed by atoms with Crippen LogP contribution in [0.25, 0.3) is 0 Å². The van der Waals surface area contributed by atoms with E-state index in [0.717, 1.165) is 5.56 Å². The average molecular weight is 275 g/mol. The zero-order chi connectivity index (χ0) is 14.5. The molecule has 2 rings (SSSR count). The third-order valence-corrected chi connectivity index (χ3v) is 2.61. The number of nitrogens with one attached hydrogen (secondary N) is 3. The predicted octanol–water partition coefficient (Wildman–Crippen LogP) is 1.39. The van der Waals surface area contributed by atoms with Gasteiger partial charge in [-0.2, -0.15) is 5.10 Å². The van der Waals surface area contributed by atoms with Crippen LogP contribution in [-0.4, -0.2) is 32.3 Å². The molecule has 0 fully saturated rings. The van der Waals surface area contributed by atoms with E-state index in [9.17, 15) is 9.59 Å². The molecule has 0 aromatic carbocycles. The van der Waals surface area contributed by atoms with Crippen LogP contribution in [-0.2, 0) is 0 Å². The molecule has 0 saturated carbocycles. The SMILES string of the molecule is CC(NC(=O)Nc1ccc(C(=O)O)nc1)c1cn[nH]c1. The summed E-state index contributed by atoms with van der Waals surface area (Å²) in [6.07, 6.45) is 4.59. The van der Waals surface area contributed by atoms with Crippen molar-refractivity contribution in [1.82, 2.24) is 20.5 Å². The lowest BCUT2D eigenvalue weighted by atomic mass is 10.2. The molecular weight excluding hydrogens is 262 g/mol. The number of hydrogen-bond acceptors (Lipinski definition) is 4. The second kappa shape index (κ2) is 5.83. The van der Waals surface area contributed by atoms with E-state index in [0.29, 0.717) is 5.69 Å². The van der Waals surface area contributed by atoms with E-state index in [1.165, 1.54) is 18.3 Å². The number of hydrogen-bond donors (Lipinski definition) is 4. The Morgan fingerprint density at radius 1 is 1.35 bits per heavy atom. The fourth-order valence-electron chi connectivity index (χ4n) is 1.54. The van der Waals surface area contributed by atoms with Crippen LogP contribution in [0.3, 0.4) is 0 Å². The number of carbonyl (C=O) groups excluding carboxylic acids is 1. The molecule has 2 aromatic heterocycles. The highest BCUT2D eigenvalue weighted by atomic mass is 16.4. The van der Waals surface area contributed by atoms with Gasteiger partial charge in [-0.25, -0.2) is 14.6 Å². The van der Waals surface area contributed by atoms with Gasteiger partial charge in [0.15, 0.2) is 0 Å². The minimum Gasteiger partial charge on any atom is -0.477 e. The Labute approximate surface area is 114 Å². The van der Waals surface area contributed by atoms with Gasteiger partial charge in [0.2, 0.25) is 0 Å². The van der Waals surface area contributed by atoms with Crippen molar-refractivity contribution >= 4 is 17.7 Å². The molecule has 8 heteroatoms. The molecule has 4 N–H and O–H groups in total. The van der Waals surface area contributed by atoms with E-state index in [1.54, 1.807) is 12.4 Å². The van der Waals surface area contributed by atoms with Crippen molar-refractivity contribution in [3.8, 4) is 0 Å².